The van der Waals surface area contributed by atoms with Crippen LogP contribution >= 0.6 is 0 Å². The molecule has 2 aromatic heterocycles. The Labute approximate surface area is 166 Å². The van der Waals surface area contributed by atoms with E-state index < -0.39 is 5.82 Å². The average Bonchev–Trinajstić information content (AvgIpc) is 3.09. The fourth-order valence-electron chi connectivity index (χ4n) is 3.11. The van der Waals surface area contributed by atoms with Crippen molar-refractivity contribution >= 4 is 17.1 Å². The van der Waals surface area contributed by atoms with Gasteiger partial charge in [-0.05, 0) is 61.0 Å². The van der Waals surface area contributed by atoms with E-state index in [-0.39, 0.29) is 17.3 Å². The topological polar surface area (TPSA) is 59.8 Å². The van der Waals surface area contributed by atoms with Crippen LogP contribution in [-0.4, -0.2) is 27.0 Å². The van der Waals surface area contributed by atoms with Gasteiger partial charge in [0, 0.05) is 30.4 Å². The summed E-state index contributed by atoms with van der Waals surface area (Å²) in [7, 11) is 0. The number of fused-ring (bicyclic) bond motifs is 1. The maximum absolute atomic E-state index is 13.7. The summed E-state index contributed by atoms with van der Waals surface area (Å²) in [6.07, 6.45) is 1.67. The molecule has 29 heavy (non-hydrogen) atoms. The molecular weight excluding hydrogens is 374 g/mol. The molecule has 1 N–H and O–H groups in total. The van der Waals surface area contributed by atoms with Crippen molar-refractivity contribution in [1.29, 1.82) is 0 Å². The van der Waals surface area contributed by atoms with Gasteiger partial charge >= 0.3 is 0 Å². The van der Waals surface area contributed by atoms with Crippen LogP contribution in [0.5, 0.6) is 0 Å². The lowest BCUT2D eigenvalue weighted by atomic mass is 10.1. The van der Waals surface area contributed by atoms with Gasteiger partial charge in [0.1, 0.15) is 23.0 Å². The Morgan fingerprint density at radius 2 is 1.90 bits per heavy atom. The normalized spacial score (nSPS) is 11.0. The number of imidazole rings is 1. The number of halogens is 2. The molecule has 1 amide bonds. The Bertz CT molecular complexity index is 1190. The summed E-state index contributed by atoms with van der Waals surface area (Å²) >= 11 is 0. The molecule has 146 valence electrons. The number of benzene rings is 2. The number of carbonyl (C=O) groups is 1. The number of rotatable bonds is 5. The van der Waals surface area contributed by atoms with Gasteiger partial charge in [-0.25, -0.2) is 18.7 Å². The molecule has 5 nitrogen and oxygen atoms in total. The molecule has 0 saturated heterocycles. The monoisotopic (exact) mass is 392 g/mol. The third-order valence-corrected chi connectivity index (χ3v) is 4.66. The standard InChI is InChI=1S/C22H18F2N4O/c1-14-4-5-16(13-18(14)24)22(29)26-11-12-28-20(15-6-8-17(23)9-7-15)27-19-3-2-10-25-21(19)28/h2-10,13H,11-12H2,1H3,(H,26,29). The highest BCUT2D eigenvalue weighted by molar-refractivity contribution is 5.94. The van der Waals surface area contributed by atoms with E-state index in [1.54, 1.807) is 43.5 Å². The van der Waals surface area contributed by atoms with E-state index in [1.807, 2.05) is 10.6 Å². The zero-order chi connectivity index (χ0) is 20.4. The maximum atomic E-state index is 13.7. The smallest absolute Gasteiger partial charge is 0.251 e. The summed E-state index contributed by atoms with van der Waals surface area (Å²) in [5.41, 5.74) is 2.87. The van der Waals surface area contributed by atoms with Crippen LogP contribution in [0.25, 0.3) is 22.6 Å². The summed E-state index contributed by atoms with van der Waals surface area (Å²) in [4.78, 5) is 21.3. The van der Waals surface area contributed by atoms with Crippen LogP contribution in [0.4, 0.5) is 8.78 Å². The lowest BCUT2D eigenvalue weighted by Gasteiger charge is -2.10. The summed E-state index contributed by atoms with van der Waals surface area (Å²) in [6.45, 7) is 2.34. The third kappa shape index (κ3) is 3.85. The highest BCUT2D eigenvalue weighted by Crippen LogP contribution is 2.23. The third-order valence-electron chi connectivity index (χ3n) is 4.66. The van der Waals surface area contributed by atoms with E-state index in [0.717, 1.165) is 5.56 Å². The van der Waals surface area contributed by atoms with E-state index >= 15 is 0 Å². The number of hydrogen-bond acceptors (Lipinski definition) is 3. The van der Waals surface area contributed by atoms with E-state index in [0.29, 0.717) is 35.6 Å². The minimum atomic E-state index is -0.416. The molecule has 0 spiro atoms. The van der Waals surface area contributed by atoms with E-state index in [2.05, 4.69) is 15.3 Å². The summed E-state index contributed by atoms with van der Waals surface area (Å²) in [5, 5.41) is 2.79. The van der Waals surface area contributed by atoms with Gasteiger partial charge in [0.15, 0.2) is 5.65 Å². The minimum absolute atomic E-state index is 0.264. The molecule has 2 aromatic carbocycles. The van der Waals surface area contributed by atoms with Crippen LogP contribution in [0.3, 0.4) is 0 Å². The van der Waals surface area contributed by atoms with Crippen molar-refractivity contribution < 1.29 is 13.6 Å². The molecule has 4 rings (SSSR count). The van der Waals surface area contributed by atoms with Crippen molar-refractivity contribution in [3.8, 4) is 11.4 Å². The molecule has 0 bridgehead atoms. The van der Waals surface area contributed by atoms with Gasteiger partial charge in [0.05, 0.1) is 0 Å². The zero-order valence-electron chi connectivity index (χ0n) is 15.7. The predicted molar refractivity (Wildman–Crippen MR) is 106 cm³/mol. The van der Waals surface area contributed by atoms with Crippen LogP contribution in [0.1, 0.15) is 15.9 Å². The molecule has 0 unspecified atom stereocenters. The van der Waals surface area contributed by atoms with Crippen molar-refractivity contribution in [2.75, 3.05) is 6.54 Å². The number of pyridine rings is 1. The highest BCUT2D eigenvalue weighted by Gasteiger charge is 2.14. The lowest BCUT2D eigenvalue weighted by Crippen LogP contribution is -2.27. The number of amides is 1. The molecule has 2 heterocycles. The summed E-state index contributed by atoms with van der Waals surface area (Å²) in [6, 6.07) is 14.1. The minimum Gasteiger partial charge on any atom is -0.350 e. The van der Waals surface area contributed by atoms with Crippen molar-refractivity contribution in [3.05, 3.63) is 83.6 Å². The number of carbonyl (C=O) groups excluding carboxylic acids is 1. The van der Waals surface area contributed by atoms with Crippen LogP contribution in [0.2, 0.25) is 0 Å². The average molecular weight is 392 g/mol. The Morgan fingerprint density at radius 1 is 1.10 bits per heavy atom. The largest absolute Gasteiger partial charge is 0.350 e. The molecule has 0 fully saturated rings. The maximum Gasteiger partial charge on any atom is 0.251 e. The summed E-state index contributed by atoms with van der Waals surface area (Å²) < 4.78 is 28.9. The number of hydrogen-bond donors (Lipinski definition) is 1. The molecule has 0 radical (unpaired) electrons. The van der Waals surface area contributed by atoms with Crippen molar-refractivity contribution in [2.24, 2.45) is 0 Å². The van der Waals surface area contributed by atoms with Crippen molar-refractivity contribution in [3.63, 3.8) is 0 Å². The number of nitrogens with zero attached hydrogens (tertiary/aromatic N) is 3. The van der Waals surface area contributed by atoms with Gasteiger partial charge in [0.2, 0.25) is 0 Å². The van der Waals surface area contributed by atoms with Gasteiger partial charge < -0.3 is 9.88 Å². The van der Waals surface area contributed by atoms with E-state index in [1.165, 1.54) is 18.2 Å². The van der Waals surface area contributed by atoms with Gasteiger partial charge in [0.25, 0.3) is 5.91 Å². The first-order chi connectivity index (χ1) is 14.0. The fraction of sp³-hybridized carbons (Fsp3) is 0.136. The Kier molecular flexibility index (Phi) is 5.03. The SMILES string of the molecule is Cc1ccc(C(=O)NCCn2c(-c3ccc(F)cc3)nc3cccnc32)cc1F. The zero-order valence-corrected chi connectivity index (χ0v) is 15.7. The first kappa shape index (κ1) is 18.7. The molecule has 4 aromatic rings. The predicted octanol–water partition coefficient (Wildman–Crippen LogP) is 4.11. The van der Waals surface area contributed by atoms with E-state index in [9.17, 15) is 13.6 Å². The molecule has 0 saturated carbocycles. The summed E-state index contributed by atoms with van der Waals surface area (Å²) in [5.74, 6) is -0.466. The van der Waals surface area contributed by atoms with Crippen molar-refractivity contribution in [2.45, 2.75) is 13.5 Å². The van der Waals surface area contributed by atoms with Gasteiger partial charge in [-0.2, -0.15) is 0 Å². The van der Waals surface area contributed by atoms with Gasteiger partial charge in [-0.15, -0.1) is 0 Å². The van der Waals surface area contributed by atoms with Crippen LogP contribution < -0.4 is 5.32 Å². The lowest BCUT2D eigenvalue weighted by molar-refractivity contribution is 0.0952. The Balaban J connectivity index is 1.57. The van der Waals surface area contributed by atoms with Gasteiger partial charge in [-0.1, -0.05) is 6.07 Å². The second-order valence-electron chi connectivity index (χ2n) is 6.66. The van der Waals surface area contributed by atoms with Crippen LogP contribution in [0.15, 0.2) is 60.8 Å². The van der Waals surface area contributed by atoms with Gasteiger partial charge in [-0.3, -0.25) is 4.79 Å². The van der Waals surface area contributed by atoms with Crippen molar-refractivity contribution in [1.82, 2.24) is 19.9 Å². The molecule has 0 atom stereocenters. The van der Waals surface area contributed by atoms with Crippen LogP contribution in [-0.2, 0) is 6.54 Å². The second-order valence-corrected chi connectivity index (χ2v) is 6.66. The number of nitrogens with one attached hydrogen (secondary N) is 1. The molecule has 0 aliphatic heterocycles. The first-order valence-corrected chi connectivity index (χ1v) is 9.14. The second kappa shape index (κ2) is 7.79. The highest BCUT2D eigenvalue weighted by atomic mass is 19.1. The van der Waals surface area contributed by atoms with Crippen LogP contribution in [0, 0.1) is 18.6 Å². The number of aryl methyl sites for hydroxylation is 1. The number of aromatic nitrogens is 3. The molecule has 0 aliphatic rings. The van der Waals surface area contributed by atoms with E-state index in [4.69, 9.17) is 0 Å². The quantitative estimate of drug-likeness (QED) is 0.556. The molecule has 0 aliphatic carbocycles. The fourth-order valence-corrected chi connectivity index (χ4v) is 3.11. The Hall–Kier alpha value is -3.61. The molecular formula is C22H18F2N4O. The molecule has 7 heteroatoms. The Morgan fingerprint density at radius 3 is 2.66 bits per heavy atom. The first-order valence-electron chi connectivity index (χ1n) is 9.14.